The highest BCUT2D eigenvalue weighted by atomic mass is 16.6. The number of unbranched alkanes of at least 4 members (excludes halogenated alkanes) is 1. The third kappa shape index (κ3) is 15.2. The van der Waals surface area contributed by atoms with Crippen LogP contribution in [-0.4, -0.2) is 54.5 Å². The average Bonchev–Trinajstić information content (AvgIpc) is 2.96. The summed E-state index contributed by atoms with van der Waals surface area (Å²) in [5.74, 6) is -1.14. The molecule has 2 amide bonds. The molecule has 218 valence electrons. The van der Waals surface area contributed by atoms with Crippen LogP contribution >= 0.6 is 0 Å². The summed E-state index contributed by atoms with van der Waals surface area (Å²) in [4.78, 5) is 34.2. The molecule has 1 aromatic carbocycles. The van der Waals surface area contributed by atoms with Crippen LogP contribution in [0.3, 0.4) is 0 Å². The third-order valence-corrected chi connectivity index (χ3v) is 7.01. The summed E-state index contributed by atoms with van der Waals surface area (Å²) in [6, 6.07) is 9.78. The van der Waals surface area contributed by atoms with Crippen molar-refractivity contribution in [2.45, 2.75) is 108 Å². The zero-order chi connectivity index (χ0) is 28.1. The monoisotopic (exact) mass is 545 g/mol. The number of carbonyl (C=O) groups excluding carboxylic acids is 2. The van der Waals surface area contributed by atoms with E-state index in [1.54, 1.807) is 12.1 Å². The Labute approximate surface area is 233 Å². The molecular weight excluding hydrogens is 498 g/mol. The van der Waals surface area contributed by atoms with E-state index < -0.39 is 24.2 Å². The summed E-state index contributed by atoms with van der Waals surface area (Å²) in [6.07, 6.45) is 16.0. The van der Waals surface area contributed by atoms with Crippen molar-refractivity contribution in [1.29, 1.82) is 0 Å². The quantitative estimate of drug-likeness (QED) is 0.185. The van der Waals surface area contributed by atoms with Crippen molar-refractivity contribution in [3.05, 3.63) is 48.6 Å². The van der Waals surface area contributed by atoms with E-state index in [9.17, 15) is 19.5 Å². The predicted molar refractivity (Wildman–Crippen MR) is 151 cm³/mol. The van der Waals surface area contributed by atoms with Crippen LogP contribution in [0, 0.1) is 0 Å². The molecule has 0 unspecified atom stereocenters. The Balaban J connectivity index is 0.000000338. The molecule has 1 atom stereocenters. The van der Waals surface area contributed by atoms with E-state index in [4.69, 9.17) is 9.47 Å². The van der Waals surface area contributed by atoms with Gasteiger partial charge in [0.05, 0.1) is 0 Å². The second-order valence-corrected chi connectivity index (χ2v) is 10.2. The average molecular weight is 546 g/mol. The first-order chi connectivity index (χ1) is 19.0. The van der Waals surface area contributed by atoms with Crippen molar-refractivity contribution in [3.63, 3.8) is 0 Å². The molecule has 0 bridgehead atoms. The summed E-state index contributed by atoms with van der Waals surface area (Å²) < 4.78 is 9.75. The summed E-state index contributed by atoms with van der Waals surface area (Å²) in [5, 5.41) is 17.9. The molecule has 0 spiro atoms. The minimum Gasteiger partial charge on any atom is -0.480 e. The second kappa shape index (κ2) is 19.9. The molecule has 2 saturated carbocycles. The second-order valence-electron chi connectivity index (χ2n) is 10.2. The zero-order valence-corrected chi connectivity index (χ0v) is 23.2. The van der Waals surface area contributed by atoms with Crippen molar-refractivity contribution in [3.8, 4) is 0 Å². The molecule has 2 aliphatic rings. The lowest BCUT2D eigenvalue weighted by atomic mass is 9.91. The molecule has 3 rings (SSSR count). The topological polar surface area (TPSA) is 126 Å². The minimum absolute atomic E-state index is 0.0652. The third-order valence-electron chi connectivity index (χ3n) is 7.01. The molecule has 0 heterocycles. The molecule has 0 aliphatic heterocycles. The number of aliphatic carboxylic acids is 1. The predicted octanol–water partition coefficient (Wildman–Crippen LogP) is 5.69. The van der Waals surface area contributed by atoms with Crippen LogP contribution < -0.4 is 16.0 Å². The number of benzene rings is 1. The molecule has 2 aliphatic carbocycles. The number of carbonyl (C=O) groups is 3. The lowest BCUT2D eigenvalue weighted by molar-refractivity contribution is -0.139. The van der Waals surface area contributed by atoms with Crippen molar-refractivity contribution in [1.82, 2.24) is 16.0 Å². The van der Waals surface area contributed by atoms with Crippen molar-refractivity contribution < 1.29 is 29.0 Å². The SMILES string of the molecule is C1CCC(NC2CCCCC2)CC1.C=CCOC(=O)NCCCC[C@H](NC(=O)OCc1ccccc1)C(=O)O. The van der Waals surface area contributed by atoms with Crippen LogP contribution in [0.2, 0.25) is 0 Å². The Bertz CT molecular complexity index is 822. The van der Waals surface area contributed by atoms with Gasteiger partial charge in [0.1, 0.15) is 19.3 Å². The fraction of sp³-hybridized carbons (Fsp3) is 0.633. The highest BCUT2D eigenvalue weighted by Gasteiger charge is 2.21. The number of nitrogens with one attached hydrogen (secondary N) is 3. The Kier molecular flexibility index (Phi) is 16.4. The van der Waals surface area contributed by atoms with E-state index in [0.717, 1.165) is 17.6 Å². The van der Waals surface area contributed by atoms with E-state index in [1.165, 1.54) is 70.3 Å². The van der Waals surface area contributed by atoms with E-state index >= 15 is 0 Å². The first kappa shape index (κ1) is 32.1. The summed E-state index contributed by atoms with van der Waals surface area (Å²) in [5.41, 5.74) is 0.809. The van der Waals surface area contributed by atoms with Crippen LogP contribution in [0.4, 0.5) is 9.59 Å². The van der Waals surface area contributed by atoms with Gasteiger partial charge in [0.15, 0.2) is 0 Å². The van der Waals surface area contributed by atoms with Crippen molar-refractivity contribution >= 4 is 18.2 Å². The lowest BCUT2D eigenvalue weighted by Crippen LogP contribution is -2.41. The van der Waals surface area contributed by atoms with E-state index in [0.29, 0.717) is 19.4 Å². The number of ether oxygens (including phenoxy) is 2. The first-order valence-corrected chi connectivity index (χ1v) is 14.5. The number of carboxylic acids is 1. The molecule has 2 fully saturated rings. The number of hydrogen-bond acceptors (Lipinski definition) is 6. The van der Waals surface area contributed by atoms with Crippen LogP contribution in [0.15, 0.2) is 43.0 Å². The fourth-order valence-electron chi connectivity index (χ4n) is 4.89. The van der Waals surface area contributed by atoms with Gasteiger partial charge in [-0.3, -0.25) is 0 Å². The molecule has 4 N–H and O–H groups in total. The van der Waals surface area contributed by atoms with Crippen LogP contribution in [0.1, 0.15) is 89.0 Å². The van der Waals surface area contributed by atoms with Gasteiger partial charge in [-0.25, -0.2) is 14.4 Å². The largest absolute Gasteiger partial charge is 0.480 e. The molecule has 0 radical (unpaired) electrons. The van der Waals surface area contributed by atoms with Gasteiger partial charge < -0.3 is 30.5 Å². The van der Waals surface area contributed by atoms with E-state index in [-0.39, 0.29) is 19.6 Å². The van der Waals surface area contributed by atoms with Gasteiger partial charge in [-0.1, -0.05) is 81.5 Å². The maximum Gasteiger partial charge on any atom is 0.408 e. The van der Waals surface area contributed by atoms with Gasteiger partial charge >= 0.3 is 18.2 Å². The van der Waals surface area contributed by atoms with E-state index in [2.05, 4.69) is 22.5 Å². The van der Waals surface area contributed by atoms with Crippen molar-refractivity contribution in [2.75, 3.05) is 13.2 Å². The number of hydrogen-bond donors (Lipinski definition) is 4. The number of rotatable bonds is 13. The van der Waals surface area contributed by atoms with Gasteiger partial charge in [-0.15, -0.1) is 0 Å². The summed E-state index contributed by atoms with van der Waals surface area (Å²) >= 11 is 0. The van der Waals surface area contributed by atoms with Crippen molar-refractivity contribution in [2.24, 2.45) is 0 Å². The Hall–Kier alpha value is -3.07. The smallest absolute Gasteiger partial charge is 0.408 e. The highest BCUT2D eigenvalue weighted by Crippen LogP contribution is 2.22. The molecule has 0 saturated heterocycles. The Morgan fingerprint density at radius 1 is 0.897 bits per heavy atom. The molecule has 39 heavy (non-hydrogen) atoms. The normalized spacial score (nSPS) is 16.6. The first-order valence-electron chi connectivity index (χ1n) is 14.5. The maximum atomic E-state index is 11.7. The van der Waals surface area contributed by atoms with Crippen LogP contribution in [-0.2, 0) is 20.9 Å². The number of alkyl carbamates (subject to hydrolysis) is 2. The molecule has 0 aromatic heterocycles. The fourth-order valence-corrected chi connectivity index (χ4v) is 4.89. The standard InChI is InChI=1S/C18H24N2O6.C12H23N/c1-2-12-25-17(23)19-11-7-6-10-15(16(21)22)20-18(24)26-13-14-8-4-3-5-9-14;1-3-7-11(8-4-1)13-12-9-5-2-6-10-12/h2-5,8-9,15H,1,6-7,10-13H2,(H,19,23)(H,20,24)(H,21,22);11-13H,1-10H2/t15-;/m0./s1. The molecule has 1 aromatic rings. The van der Waals surface area contributed by atoms with E-state index in [1.807, 2.05) is 18.2 Å². The molecular formula is C30H47N3O6. The number of carboxylic acid groups (broad SMARTS) is 1. The van der Waals surface area contributed by atoms with Gasteiger partial charge in [0, 0.05) is 18.6 Å². The Morgan fingerprint density at radius 2 is 1.51 bits per heavy atom. The zero-order valence-electron chi connectivity index (χ0n) is 23.2. The minimum atomic E-state index is -1.14. The van der Waals surface area contributed by atoms with Gasteiger partial charge in [-0.05, 0) is 50.5 Å². The van der Waals surface area contributed by atoms with Gasteiger partial charge in [-0.2, -0.15) is 0 Å². The van der Waals surface area contributed by atoms with Gasteiger partial charge in [0.2, 0.25) is 0 Å². The van der Waals surface area contributed by atoms with Crippen LogP contribution in [0.5, 0.6) is 0 Å². The molecule has 9 nitrogen and oxygen atoms in total. The highest BCUT2D eigenvalue weighted by molar-refractivity contribution is 5.79. The molecule has 9 heteroatoms. The lowest BCUT2D eigenvalue weighted by Gasteiger charge is -2.30. The van der Waals surface area contributed by atoms with Gasteiger partial charge in [0.25, 0.3) is 0 Å². The van der Waals surface area contributed by atoms with Crippen LogP contribution in [0.25, 0.3) is 0 Å². The summed E-state index contributed by atoms with van der Waals surface area (Å²) in [7, 11) is 0. The Morgan fingerprint density at radius 3 is 2.08 bits per heavy atom. The summed E-state index contributed by atoms with van der Waals surface area (Å²) in [6.45, 7) is 3.97. The number of amides is 2. The maximum absolute atomic E-state index is 11.7.